The summed E-state index contributed by atoms with van der Waals surface area (Å²) < 4.78 is 10.4. The van der Waals surface area contributed by atoms with Crippen molar-refractivity contribution < 1.29 is 19.1 Å². The van der Waals surface area contributed by atoms with Crippen LogP contribution in [-0.2, 0) is 20.9 Å². The van der Waals surface area contributed by atoms with Crippen LogP contribution in [0.15, 0.2) is 35.7 Å². The molecule has 0 unspecified atom stereocenters. The van der Waals surface area contributed by atoms with Crippen molar-refractivity contribution in [2.75, 3.05) is 7.11 Å². The number of ether oxygens (including phenoxy) is 2. The molecule has 0 fully saturated rings. The number of carbonyl (C=O) groups is 2. The maximum Gasteiger partial charge on any atom is 0.330 e. The minimum atomic E-state index is -1.09. The molecule has 1 N–H and O–H groups in total. The molecule has 0 aliphatic rings. The number of aryl methyl sites for hydroxylation is 1. The van der Waals surface area contributed by atoms with E-state index in [2.05, 4.69) is 15.0 Å². The number of nitrogens with zero attached hydrogens (tertiary/aromatic N) is 1. The second-order valence-corrected chi connectivity index (χ2v) is 7.22. The molecule has 0 spiro atoms. The van der Waals surface area contributed by atoms with E-state index in [0.29, 0.717) is 12.4 Å². The largest absolute Gasteiger partial charge is 0.487 e. The van der Waals surface area contributed by atoms with Crippen LogP contribution < -0.4 is 10.1 Å². The van der Waals surface area contributed by atoms with Gasteiger partial charge in [-0.15, -0.1) is 11.3 Å². The van der Waals surface area contributed by atoms with Crippen LogP contribution in [0.4, 0.5) is 0 Å². The molecule has 7 heteroatoms. The first-order valence-electron chi connectivity index (χ1n) is 8.02. The Kier molecular flexibility index (Phi) is 6.52. The average Bonchev–Trinajstić information content (AvgIpc) is 3.03. The van der Waals surface area contributed by atoms with Crippen molar-refractivity contribution in [1.29, 1.82) is 0 Å². The van der Waals surface area contributed by atoms with E-state index in [4.69, 9.17) is 4.74 Å². The first kappa shape index (κ1) is 19.7. The Balaban J connectivity index is 1.95. The number of rotatable bonds is 7. The fourth-order valence-electron chi connectivity index (χ4n) is 2.17. The summed E-state index contributed by atoms with van der Waals surface area (Å²) in [6, 6.07) is 7.37. The van der Waals surface area contributed by atoms with Gasteiger partial charge in [-0.3, -0.25) is 4.79 Å². The number of methoxy groups -OCH3 is 1. The predicted molar refractivity (Wildman–Crippen MR) is 101 cm³/mol. The van der Waals surface area contributed by atoms with E-state index in [1.54, 1.807) is 31.3 Å². The van der Waals surface area contributed by atoms with Gasteiger partial charge < -0.3 is 14.8 Å². The Morgan fingerprint density at radius 2 is 2.12 bits per heavy atom. The number of nitrogens with one attached hydrogen (secondary N) is 1. The number of hydrogen-bond donors (Lipinski definition) is 1. The van der Waals surface area contributed by atoms with Gasteiger partial charge in [0.15, 0.2) is 0 Å². The SMILES string of the molecule is COC(=O)C(C)(C)NC(=O)/C=C/c1cccc(OCc2csc(C)n2)c1. The van der Waals surface area contributed by atoms with E-state index in [-0.39, 0.29) is 5.91 Å². The minimum absolute atomic E-state index is 0.385. The van der Waals surface area contributed by atoms with Gasteiger partial charge in [0, 0.05) is 11.5 Å². The quantitative estimate of drug-likeness (QED) is 0.595. The third kappa shape index (κ3) is 5.70. The summed E-state index contributed by atoms with van der Waals surface area (Å²) in [5.41, 5.74) is 0.605. The Labute approximate surface area is 156 Å². The van der Waals surface area contributed by atoms with Gasteiger partial charge in [-0.05, 0) is 44.5 Å². The monoisotopic (exact) mass is 374 g/mol. The van der Waals surface area contributed by atoms with Crippen LogP contribution in [0, 0.1) is 6.92 Å². The molecule has 138 valence electrons. The molecule has 0 saturated carbocycles. The molecule has 0 aliphatic carbocycles. The maximum atomic E-state index is 12.0. The van der Waals surface area contributed by atoms with E-state index in [9.17, 15) is 9.59 Å². The van der Waals surface area contributed by atoms with Crippen LogP contribution in [0.3, 0.4) is 0 Å². The second kappa shape index (κ2) is 8.62. The summed E-state index contributed by atoms with van der Waals surface area (Å²) in [6.07, 6.45) is 3.02. The Bertz CT molecular complexity index is 811. The first-order chi connectivity index (χ1) is 12.3. The number of aromatic nitrogens is 1. The fraction of sp³-hybridized carbons (Fsp3) is 0.316. The molecule has 0 saturated heterocycles. The Morgan fingerprint density at radius 3 is 2.77 bits per heavy atom. The van der Waals surface area contributed by atoms with E-state index in [0.717, 1.165) is 16.3 Å². The summed E-state index contributed by atoms with van der Waals surface area (Å²) in [5.74, 6) is -0.204. The average molecular weight is 374 g/mol. The van der Waals surface area contributed by atoms with E-state index in [1.165, 1.54) is 13.2 Å². The van der Waals surface area contributed by atoms with Gasteiger partial charge in [-0.1, -0.05) is 12.1 Å². The van der Waals surface area contributed by atoms with Gasteiger partial charge in [-0.25, -0.2) is 9.78 Å². The summed E-state index contributed by atoms with van der Waals surface area (Å²) in [6.45, 7) is 5.51. The minimum Gasteiger partial charge on any atom is -0.487 e. The third-order valence-electron chi connectivity index (χ3n) is 3.47. The van der Waals surface area contributed by atoms with E-state index in [1.807, 2.05) is 36.6 Å². The van der Waals surface area contributed by atoms with Crippen LogP contribution in [0.5, 0.6) is 5.75 Å². The molecule has 0 aliphatic heterocycles. The van der Waals surface area contributed by atoms with Crippen molar-refractivity contribution in [2.24, 2.45) is 0 Å². The topological polar surface area (TPSA) is 77.5 Å². The Morgan fingerprint density at radius 1 is 1.35 bits per heavy atom. The zero-order chi connectivity index (χ0) is 19.2. The molecule has 0 radical (unpaired) electrons. The highest BCUT2D eigenvalue weighted by molar-refractivity contribution is 7.09. The number of amides is 1. The highest BCUT2D eigenvalue weighted by atomic mass is 32.1. The molecule has 1 aromatic carbocycles. The van der Waals surface area contributed by atoms with Gasteiger partial charge >= 0.3 is 5.97 Å². The highest BCUT2D eigenvalue weighted by Crippen LogP contribution is 2.17. The Hall–Kier alpha value is -2.67. The zero-order valence-corrected chi connectivity index (χ0v) is 16.1. The van der Waals surface area contributed by atoms with Crippen LogP contribution in [0.2, 0.25) is 0 Å². The van der Waals surface area contributed by atoms with Crippen LogP contribution in [-0.4, -0.2) is 29.5 Å². The molecule has 6 nitrogen and oxygen atoms in total. The maximum absolute atomic E-state index is 12.0. The smallest absolute Gasteiger partial charge is 0.330 e. The number of esters is 1. The molecule has 1 amide bonds. The number of benzene rings is 1. The number of hydrogen-bond acceptors (Lipinski definition) is 6. The number of carbonyl (C=O) groups excluding carboxylic acids is 2. The molecule has 1 aromatic heterocycles. The van der Waals surface area contributed by atoms with E-state index >= 15 is 0 Å². The van der Waals surface area contributed by atoms with Crippen molar-refractivity contribution in [2.45, 2.75) is 32.9 Å². The summed E-state index contributed by atoms with van der Waals surface area (Å²) in [5, 5.41) is 5.57. The molecular weight excluding hydrogens is 352 g/mol. The molecule has 2 rings (SSSR count). The lowest BCUT2D eigenvalue weighted by Crippen LogP contribution is -2.49. The van der Waals surface area contributed by atoms with Crippen LogP contribution in [0.25, 0.3) is 6.08 Å². The summed E-state index contributed by atoms with van der Waals surface area (Å²) >= 11 is 1.58. The van der Waals surface area contributed by atoms with Gasteiger partial charge in [0.05, 0.1) is 17.8 Å². The van der Waals surface area contributed by atoms with Crippen molar-refractivity contribution >= 4 is 29.3 Å². The van der Waals surface area contributed by atoms with Gasteiger partial charge in [0.2, 0.25) is 5.91 Å². The summed E-state index contributed by atoms with van der Waals surface area (Å²) in [4.78, 5) is 28.0. The van der Waals surface area contributed by atoms with E-state index < -0.39 is 11.5 Å². The van der Waals surface area contributed by atoms with Crippen LogP contribution >= 0.6 is 11.3 Å². The van der Waals surface area contributed by atoms with Gasteiger partial charge in [0.25, 0.3) is 0 Å². The second-order valence-electron chi connectivity index (χ2n) is 6.16. The van der Waals surface area contributed by atoms with Gasteiger partial charge in [0.1, 0.15) is 17.9 Å². The fourth-order valence-corrected chi connectivity index (χ4v) is 2.76. The molecule has 26 heavy (non-hydrogen) atoms. The molecule has 0 atom stereocenters. The molecule has 0 bridgehead atoms. The third-order valence-corrected chi connectivity index (χ3v) is 4.29. The van der Waals surface area contributed by atoms with Crippen LogP contribution in [0.1, 0.15) is 30.1 Å². The molecular formula is C19H22N2O4S. The molecule has 2 aromatic rings. The zero-order valence-electron chi connectivity index (χ0n) is 15.2. The standard InChI is InChI=1S/C19H22N2O4S/c1-13-20-15(12-26-13)11-25-16-7-5-6-14(10-16)8-9-17(22)21-19(2,3)18(23)24-4/h5-10,12H,11H2,1-4H3,(H,21,22)/b9-8+. The normalized spacial score (nSPS) is 11.4. The first-order valence-corrected chi connectivity index (χ1v) is 8.90. The van der Waals surface area contributed by atoms with Crippen molar-refractivity contribution in [3.05, 3.63) is 52.0 Å². The highest BCUT2D eigenvalue weighted by Gasteiger charge is 2.29. The van der Waals surface area contributed by atoms with Gasteiger partial charge in [-0.2, -0.15) is 0 Å². The lowest BCUT2D eigenvalue weighted by molar-refractivity contribution is -0.148. The molecule has 1 heterocycles. The lowest BCUT2D eigenvalue weighted by atomic mass is 10.1. The van der Waals surface area contributed by atoms with Crippen molar-refractivity contribution in [1.82, 2.24) is 10.3 Å². The number of thiazole rings is 1. The van der Waals surface area contributed by atoms with Crippen molar-refractivity contribution in [3.8, 4) is 5.75 Å². The summed E-state index contributed by atoms with van der Waals surface area (Å²) in [7, 11) is 1.28. The van der Waals surface area contributed by atoms with Crippen molar-refractivity contribution in [3.63, 3.8) is 0 Å². The lowest BCUT2D eigenvalue weighted by Gasteiger charge is -2.22. The predicted octanol–water partition coefficient (Wildman–Crippen LogP) is 3.11.